The van der Waals surface area contributed by atoms with Gasteiger partial charge in [0.2, 0.25) is 0 Å². The number of esters is 1. The van der Waals surface area contributed by atoms with Gasteiger partial charge in [-0.25, -0.2) is 9.18 Å². The average molecular weight is 404 g/mol. The first-order valence-corrected chi connectivity index (χ1v) is 10.4. The molecule has 4 nitrogen and oxygen atoms in total. The van der Waals surface area contributed by atoms with Crippen LogP contribution in [0.5, 0.6) is 0 Å². The van der Waals surface area contributed by atoms with E-state index in [0.29, 0.717) is 16.5 Å². The Balaban J connectivity index is 1.96. The van der Waals surface area contributed by atoms with Gasteiger partial charge in [0.1, 0.15) is 10.8 Å². The minimum atomic E-state index is -0.591. The molecule has 1 N–H and O–H groups in total. The highest BCUT2D eigenvalue weighted by atomic mass is 32.1. The first kappa shape index (κ1) is 20.5. The zero-order valence-electron chi connectivity index (χ0n) is 16.7. The Morgan fingerprint density at radius 2 is 2.00 bits per heavy atom. The Kier molecular flexibility index (Phi) is 5.89. The Hall–Kier alpha value is -2.21. The highest BCUT2D eigenvalue weighted by Gasteiger charge is 2.34. The van der Waals surface area contributed by atoms with E-state index in [1.807, 2.05) is 0 Å². The van der Waals surface area contributed by atoms with Crippen molar-refractivity contribution in [1.29, 1.82) is 0 Å². The van der Waals surface area contributed by atoms with E-state index in [4.69, 9.17) is 4.74 Å². The lowest BCUT2D eigenvalue weighted by Crippen LogP contribution is -2.26. The van der Waals surface area contributed by atoms with Crippen LogP contribution in [-0.2, 0) is 17.6 Å². The van der Waals surface area contributed by atoms with Gasteiger partial charge in [-0.2, -0.15) is 0 Å². The molecule has 1 heterocycles. The van der Waals surface area contributed by atoms with Crippen molar-refractivity contribution in [3.8, 4) is 0 Å². The molecule has 0 fully saturated rings. The van der Waals surface area contributed by atoms with Gasteiger partial charge in [0.25, 0.3) is 5.91 Å². The molecular weight excluding hydrogens is 377 g/mol. The summed E-state index contributed by atoms with van der Waals surface area (Å²) in [5, 5.41) is 3.21. The summed E-state index contributed by atoms with van der Waals surface area (Å²) in [6.07, 6.45) is 2.63. The molecule has 150 valence electrons. The summed E-state index contributed by atoms with van der Waals surface area (Å²) in [5.41, 5.74) is 1.52. The lowest BCUT2D eigenvalue weighted by atomic mass is 9.72. The molecule has 0 saturated carbocycles. The molecule has 1 amide bonds. The van der Waals surface area contributed by atoms with E-state index in [2.05, 4.69) is 26.1 Å². The number of nitrogens with one attached hydrogen (secondary N) is 1. The summed E-state index contributed by atoms with van der Waals surface area (Å²) in [6, 6.07) is 5.82. The molecule has 0 aliphatic heterocycles. The maximum atomic E-state index is 14.0. The van der Waals surface area contributed by atoms with Crippen molar-refractivity contribution in [3.63, 3.8) is 0 Å². The molecule has 1 atom stereocenters. The van der Waals surface area contributed by atoms with Gasteiger partial charge in [-0.15, -0.1) is 11.3 Å². The Labute approximate surface area is 169 Å². The number of rotatable bonds is 4. The molecule has 0 spiro atoms. The number of ether oxygens (including phenoxy) is 1. The second-order valence-corrected chi connectivity index (χ2v) is 9.27. The van der Waals surface area contributed by atoms with Gasteiger partial charge in [-0.1, -0.05) is 32.9 Å². The summed E-state index contributed by atoms with van der Waals surface area (Å²) in [7, 11) is 0. The highest BCUT2D eigenvalue weighted by molar-refractivity contribution is 7.17. The van der Waals surface area contributed by atoms with Gasteiger partial charge in [-0.3, -0.25) is 4.79 Å². The number of hydrogen-bond donors (Lipinski definition) is 1. The van der Waals surface area contributed by atoms with E-state index >= 15 is 0 Å². The van der Waals surface area contributed by atoms with Crippen LogP contribution < -0.4 is 5.32 Å². The normalized spacial score (nSPS) is 16.4. The van der Waals surface area contributed by atoms with Crippen LogP contribution in [0, 0.1) is 17.2 Å². The molecule has 6 heteroatoms. The van der Waals surface area contributed by atoms with E-state index in [1.54, 1.807) is 13.0 Å². The fourth-order valence-corrected chi connectivity index (χ4v) is 4.96. The second kappa shape index (κ2) is 8.03. The third-order valence-corrected chi connectivity index (χ3v) is 6.48. The zero-order chi connectivity index (χ0) is 20.5. The summed E-state index contributed by atoms with van der Waals surface area (Å²) in [6.45, 7) is 8.69. The minimum Gasteiger partial charge on any atom is -0.462 e. The van der Waals surface area contributed by atoms with Gasteiger partial charge < -0.3 is 10.1 Å². The van der Waals surface area contributed by atoms with Crippen LogP contribution in [0.25, 0.3) is 0 Å². The van der Waals surface area contributed by atoms with E-state index in [1.165, 1.54) is 29.5 Å². The maximum Gasteiger partial charge on any atom is 0.341 e. The van der Waals surface area contributed by atoms with E-state index < -0.39 is 17.7 Å². The van der Waals surface area contributed by atoms with Crippen LogP contribution in [-0.4, -0.2) is 18.5 Å². The number of thiophene rings is 1. The summed E-state index contributed by atoms with van der Waals surface area (Å²) in [4.78, 5) is 26.3. The van der Waals surface area contributed by atoms with Gasteiger partial charge >= 0.3 is 5.97 Å². The van der Waals surface area contributed by atoms with Crippen molar-refractivity contribution in [3.05, 3.63) is 51.7 Å². The second-order valence-electron chi connectivity index (χ2n) is 8.17. The first-order chi connectivity index (χ1) is 13.2. The van der Waals surface area contributed by atoms with Crippen molar-refractivity contribution in [1.82, 2.24) is 0 Å². The fourth-order valence-electron chi connectivity index (χ4n) is 3.65. The minimum absolute atomic E-state index is 0.0451. The van der Waals surface area contributed by atoms with E-state index in [0.717, 1.165) is 29.7 Å². The third-order valence-electron chi connectivity index (χ3n) is 5.32. The number of fused-ring (bicyclic) bond motifs is 1. The number of amides is 1. The lowest BCUT2D eigenvalue weighted by Gasteiger charge is -2.33. The molecular formula is C22H26FNO3S. The van der Waals surface area contributed by atoms with Gasteiger partial charge in [0, 0.05) is 4.88 Å². The van der Waals surface area contributed by atoms with Crippen LogP contribution in [0.15, 0.2) is 24.3 Å². The van der Waals surface area contributed by atoms with Crippen molar-refractivity contribution >= 4 is 28.2 Å². The number of carbonyl (C=O) groups is 2. The molecule has 0 unspecified atom stereocenters. The molecule has 28 heavy (non-hydrogen) atoms. The summed E-state index contributed by atoms with van der Waals surface area (Å²) < 4.78 is 19.2. The predicted octanol–water partition coefficient (Wildman–Crippen LogP) is 5.47. The number of carbonyl (C=O) groups excluding carboxylic acids is 2. The Morgan fingerprint density at radius 3 is 2.64 bits per heavy atom. The monoisotopic (exact) mass is 403 g/mol. The van der Waals surface area contributed by atoms with Gasteiger partial charge in [0.15, 0.2) is 0 Å². The van der Waals surface area contributed by atoms with Crippen LogP contribution in [0.2, 0.25) is 0 Å². The molecule has 3 rings (SSSR count). The molecule has 0 bridgehead atoms. The number of anilines is 1. The largest absolute Gasteiger partial charge is 0.462 e. The molecule has 1 aliphatic carbocycles. The van der Waals surface area contributed by atoms with Crippen molar-refractivity contribution in [2.24, 2.45) is 11.3 Å². The summed E-state index contributed by atoms with van der Waals surface area (Å²) in [5.74, 6) is -1.08. The highest BCUT2D eigenvalue weighted by Crippen LogP contribution is 2.44. The standard InChI is InChI=1S/C22H26FNO3S/c1-5-27-21(26)18-15-11-10-13(22(2,3)4)12-17(15)28-20(18)24-19(25)14-8-6-7-9-16(14)23/h6-9,13H,5,10-12H2,1-4H3,(H,24,25)/t13-/m1/s1. The molecule has 0 radical (unpaired) electrons. The van der Waals surface area contributed by atoms with Gasteiger partial charge in [-0.05, 0) is 55.2 Å². The summed E-state index contributed by atoms with van der Waals surface area (Å²) >= 11 is 1.41. The number of halogens is 1. The third kappa shape index (κ3) is 4.12. The lowest BCUT2D eigenvalue weighted by molar-refractivity contribution is 0.0526. The maximum absolute atomic E-state index is 14.0. The topological polar surface area (TPSA) is 55.4 Å². The Morgan fingerprint density at radius 1 is 1.29 bits per heavy atom. The van der Waals surface area contributed by atoms with Crippen LogP contribution in [0.3, 0.4) is 0 Å². The number of hydrogen-bond acceptors (Lipinski definition) is 4. The van der Waals surface area contributed by atoms with E-state index in [9.17, 15) is 14.0 Å². The molecule has 2 aromatic rings. The quantitative estimate of drug-likeness (QED) is 0.689. The first-order valence-electron chi connectivity index (χ1n) is 9.60. The van der Waals surface area contributed by atoms with Crippen molar-refractivity contribution in [2.75, 3.05) is 11.9 Å². The molecule has 1 aromatic heterocycles. The SMILES string of the molecule is CCOC(=O)c1c(NC(=O)c2ccccc2F)sc2c1CC[C@@H](C(C)(C)C)C2. The van der Waals surface area contributed by atoms with Crippen molar-refractivity contribution in [2.45, 2.75) is 47.0 Å². The van der Waals surface area contributed by atoms with Gasteiger partial charge in [0.05, 0.1) is 17.7 Å². The predicted molar refractivity (Wildman–Crippen MR) is 110 cm³/mol. The van der Waals surface area contributed by atoms with Crippen LogP contribution in [0.4, 0.5) is 9.39 Å². The van der Waals surface area contributed by atoms with Crippen LogP contribution >= 0.6 is 11.3 Å². The Bertz CT molecular complexity index is 898. The van der Waals surface area contributed by atoms with E-state index in [-0.39, 0.29) is 17.6 Å². The van der Waals surface area contributed by atoms with Crippen LogP contribution in [0.1, 0.15) is 65.3 Å². The fraction of sp³-hybridized carbons (Fsp3) is 0.455. The van der Waals surface area contributed by atoms with Crippen molar-refractivity contribution < 1.29 is 18.7 Å². The average Bonchev–Trinajstić information content (AvgIpc) is 2.98. The zero-order valence-corrected chi connectivity index (χ0v) is 17.5. The molecule has 1 aromatic carbocycles. The molecule has 1 aliphatic rings. The smallest absolute Gasteiger partial charge is 0.341 e. The number of benzene rings is 1. The molecule has 0 saturated heterocycles.